The zero-order valence-corrected chi connectivity index (χ0v) is 20.9. The third-order valence-corrected chi connectivity index (χ3v) is 8.02. The van der Waals surface area contributed by atoms with Gasteiger partial charge in [-0.25, -0.2) is 0 Å². The highest BCUT2D eigenvalue weighted by Gasteiger charge is 2.46. The van der Waals surface area contributed by atoms with Crippen LogP contribution in [0, 0.1) is 11.8 Å². The number of rotatable bonds is 4. The Morgan fingerprint density at radius 2 is 1.30 bits per heavy atom. The lowest BCUT2D eigenvalue weighted by Crippen LogP contribution is -2.54. The lowest BCUT2D eigenvalue weighted by molar-refractivity contribution is 0.144. The fraction of sp³-hybridized carbons (Fsp3) is 0.760. The van der Waals surface area contributed by atoms with E-state index in [1.54, 1.807) is 0 Å². The van der Waals surface area contributed by atoms with Crippen LogP contribution in [0.5, 0.6) is 0 Å². The van der Waals surface area contributed by atoms with Crippen molar-refractivity contribution in [1.82, 2.24) is 0 Å². The van der Waals surface area contributed by atoms with Gasteiger partial charge in [0.2, 0.25) is 0 Å². The summed E-state index contributed by atoms with van der Waals surface area (Å²) >= 11 is 6.04. The topological polar surface area (TPSA) is 52.0 Å². The maximum atomic E-state index is 6.80. The third-order valence-electron chi connectivity index (χ3n) is 7.77. The smallest absolute Gasteiger partial charge is 0.0406 e. The SMILES string of the molecule is Cl.Cl.NC(C1CCCCCC1)C1(c2ccc(Cl)cc2)CCC1.NCC1CCCCC1. The third kappa shape index (κ3) is 7.27. The summed E-state index contributed by atoms with van der Waals surface area (Å²) in [5, 5.41) is 0.825. The fourth-order valence-electron chi connectivity index (χ4n) is 5.70. The molecule has 4 rings (SSSR count). The summed E-state index contributed by atoms with van der Waals surface area (Å²) in [6.07, 6.45) is 19.1. The highest BCUT2D eigenvalue weighted by Crippen LogP contribution is 2.49. The zero-order chi connectivity index (χ0) is 19.8. The van der Waals surface area contributed by atoms with E-state index in [1.165, 1.54) is 95.5 Å². The molecule has 1 aromatic rings. The van der Waals surface area contributed by atoms with E-state index < -0.39 is 0 Å². The predicted octanol–water partition coefficient (Wildman–Crippen LogP) is 7.43. The first-order valence-corrected chi connectivity index (χ1v) is 12.3. The van der Waals surface area contributed by atoms with Gasteiger partial charge in [-0.2, -0.15) is 0 Å². The van der Waals surface area contributed by atoms with Crippen LogP contribution in [0.1, 0.15) is 95.5 Å². The zero-order valence-electron chi connectivity index (χ0n) is 18.5. The van der Waals surface area contributed by atoms with Crippen molar-refractivity contribution in [1.29, 1.82) is 0 Å². The molecule has 3 aliphatic rings. The fourth-order valence-corrected chi connectivity index (χ4v) is 5.82. The second kappa shape index (κ2) is 14.2. The van der Waals surface area contributed by atoms with Gasteiger partial charge in [-0.05, 0) is 74.6 Å². The molecule has 0 saturated heterocycles. The second-order valence-electron chi connectivity index (χ2n) is 9.53. The standard InChI is InChI=1S/C18H26ClN.C7H15N.2ClH/c19-16-10-8-15(9-11-16)18(12-5-13-18)17(20)14-6-3-1-2-4-7-14;8-6-7-4-2-1-3-5-7;;/h8-11,14,17H,1-7,12-13,20H2;7H,1-6,8H2;2*1H. The molecular formula is C25H43Cl3N2. The van der Waals surface area contributed by atoms with E-state index in [1.807, 2.05) is 12.1 Å². The molecule has 3 fully saturated rings. The minimum atomic E-state index is 0. The molecule has 1 atom stereocenters. The van der Waals surface area contributed by atoms with Crippen molar-refractivity contribution in [2.24, 2.45) is 23.3 Å². The summed E-state index contributed by atoms with van der Waals surface area (Å²) in [6, 6.07) is 8.79. The lowest BCUT2D eigenvalue weighted by atomic mass is 9.57. The predicted molar refractivity (Wildman–Crippen MR) is 136 cm³/mol. The van der Waals surface area contributed by atoms with Crippen LogP contribution in [0.25, 0.3) is 0 Å². The van der Waals surface area contributed by atoms with Gasteiger partial charge in [-0.15, -0.1) is 24.8 Å². The molecule has 0 aromatic heterocycles. The highest BCUT2D eigenvalue weighted by atomic mass is 35.5. The van der Waals surface area contributed by atoms with Crippen LogP contribution >= 0.6 is 36.4 Å². The minimum Gasteiger partial charge on any atom is -0.330 e. The van der Waals surface area contributed by atoms with Crippen LogP contribution in [0.3, 0.4) is 0 Å². The Morgan fingerprint density at radius 3 is 1.73 bits per heavy atom. The maximum absolute atomic E-state index is 6.80. The normalized spacial score (nSPS) is 22.8. The van der Waals surface area contributed by atoms with Crippen molar-refractivity contribution in [3.8, 4) is 0 Å². The van der Waals surface area contributed by atoms with Crippen LogP contribution in [0.4, 0.5) is 0 Å². The molecule has 0 radical (unpaired) electrons. The Labute approximate surface area is 202 Å². The minimum absolute atomic E-state index is 0. The summed E-state index contributed by atoms with van der Waals surface area (Å²) in [6.45, 7) is 0.917. The number of halogens is 3. The van der Waals surface area contributed by atoms with E-state index >= 15 is 0 Å². The molecule has 4 N–H and O–H groups in total. The van der Waals surface area contributed by atoms with Crippen LogP contribution in [-0.2, 0) is 5.41 Å². The Bertz CT molecular complexity index is 560. The maximum Gasteiger partial charge on any atom is 0.0406 e. The van der Waals surface area contributed by atoms with E-state index in [0.717, 1.165) is 17.5 Å². The van der Waals surface area contributed by atoms with Crippen molar-refractivity contribution < 1.29 is 0 Å². The summed E-state index contributed by atoms with van der Waals surface area (Å²) in [5.41, 5.74) is 14.0. The Hall–Kier alpha value is 0.01000. The first kappa shape index (κ1) is 28.0. The molecule has 0 aliphatic heterocycles. The molecule has 3 saturated carbocycles. The molecular weight excluding hydrogens is 435 g/mol. The van der Waals surface area contributed by atoms with Gasteiger partial charge in [0.1, 0.15) is 0 Å². The molecule has 0 spiro atoms. The molecule has 0 bridgehead atoms. The summed E-state index contributed by atoms with van der Waals surface area (Å²) in [5.74, 6) is 1.58. The van der Waals surface area contributed by atoms with Crippen molar-refractivity contribution in [2.45, 2.75) is 101 Å². The molecule has 30 heavy (non-hydrogen) atoms. The number of hydrogen-bond donors (Lipinski definition) is 2. The Kier molecular flexibility index (Phi) is 13.3. The van der Waals surface area contributed by atoms with Crippen LogP contribution in [0.15, 0.2) is 24.3 Å². The first-order chi connectivity index (χ1) is 13.7. The molecule has 0 amide bonds. The van der Waals surface area contributed by atoms with Crippen LogP contribution in [0.2, 0.25) is 5.02 Å². The largest absolute Gasteiger partial charge is 0.330 e. The quantitative estimate of drug-likeness (QED) is 0.443. The number of nitrogens with two attached hydrogens (primary N) is 2. The van der Waals surface area contributed by atoms with Crippen molar-refractivity contribution in [3.05, 3.63) is 34.9 Å². The van der Waals surface area contributed by atoms with Gasteiger partial charge in [-0.1, -0.05) is 75.1 Å². The van der Waals surface area contributed by atoms with Crippen molar-refractivity contribution in [3.63, 3.8) is 0 Å². The molecule has 1 aromatic carbocycles. The lowest BCUT2D eigenvalue weighted by Gasteiger charge is -2.49. The number of hydrogen-bond acceptors (Lipinski definition) is 2. The highest BCUT2D eigenvalue weighted by molar-refractivity contribution is 6.30. The molecule has 5 heteroatoms. The average Bonchev–Trinajstić information content (AvgIpc) is 2.99. The molecule has 174 valence electrons. The number of benzene rings is 1. The average molecular weight is 478 g/mol. The van der Waals surface area contributed by atoms with Gasteiger partial charge in [0.15, 0.2) is 0 Å². The van der Waals surface area contributed by atoms with E-state index in [9.17, 15) is 0 Å². The second-order valence-corrected chi connectivity index (χ2v) is 9.97. The van der Waals surface area contributed by atoms with Crippen LogP contribution < -0.4 is 11.5 Å². The molecule has 3 aliphatic carbocycles. The Morgan fingerprint density at radius 1 is 0.800 bits per heavy atom. The molecule has 0 heterocycles. The first-order valence-electron chi connectivity index (χ1n) is 11.9. The molecule has 2 nitrogen and oxygen atoms in total. The van der Waals surface area contributed by atoms with E-state index in [0.29, 0.717) is 12.0 Å². The van der Waals surface area contributed by atoms with E-state index in [4.69, 9.17) is 23.1 Å². The van der Waals surface area contributed by atoms with Gasteiger partial charge >= 0.3 is 0 Å². The van der Waals surface area contributed by atoms with E-state index in [-0.39, 0.29) is 30.2 Å². The molecule has 1 unspecified atom stereocenters. The van der Waals surface area contributed by atoms with Crippen LogP contribution in [-0.4, -0.2) is 12.6 Å². The van der Waals surface area contributed by atoms with Crippen molar-refractivity contribution in [2.75, 3.05) is 6.54 Å². The van der Waals surface area contributed by atoms with Crippen molar-refractivity contribution >= 4 is 36.4 Å². The monoisotopic (exact) mass is 476 g/mol. The van der Waals surface area contributed by atoms with Gasteiger partial charge in [-0.3, -0.25) is 0 Å². The van der Waals surface area contributed by atoms with Gasteiger partial charge in [0.05, 0.1) is 0 Å². The summed E-state index contributed by atoms with van der Waals surface area (Å²) < 4.78 is 0. The van der Waals surface area contributed by atoms with E-state index in [2.05, 4.69) is 12.1 Å². The van der Waals surface area contributed by atoms with Gasteiger partial charge in [0.25, 0.3) is 0 Å². The van der Waals surface area contributed by atoms with Gasteiger partial charge in [0, 0.05) is 16.5 Å². The summed E-state index contributed by atoms with van der Waals surface area (Å²) in [7, 11) is 0. The Balaban J connectivity index is 0.000000385. The van der Waals surface area contributed by atoms with Gasteiger partial charge < -0.3 is 11.5 Å². The summed E-state index contributed by atoms with van der Waals surface area (Å²) in [4.78, 5) is 0.